The number of carbonyl (C=O) groups is 3. The molecule has 0 bridgehead atoms. The van der Waals surface area contributed by atoms with Gasteiger partial charge in [0.1, 0.15) is 5.75 Å². The zero-order valence-electron chi connectivity index (χ0n) is 13.7. The molecule has 3 N–H and O–H groups in total. The van der Waals surface area contributed by atoms with E-state index in [4.69, 9.17) is 4.74 Å². The van der Waals surface area contributed by atoms with Crippen LogP contribution in [0.25, 0.3) is 0 Å². The van der Waals surface area contributed by atoms with Crippen LogP contribution in [0.3, 0.4) is 0 Å². The molecule has 0 aromatic heterocycles. The number of hydrogen-bond donors (Lipinski definition) is 3. The molecule has 4 amide bonds. The fourth-order valence-electron chi connectivity index (χ4n) is 2.01. The van der Waals surface area contributed by atoms with Crippen molar-refractivity contribution in [1.29, 1.82) is 0 Å². The number of urea groups is 1. The van der Waals surface area contributed by atoms with Crippen LogP contribution in [0, 0.1) is 0 Å². The maximum Gasteiger partial charge on any atom is 0.321 e. The summed E-state index contributed by atoms with van der Waals surface area (Å²) in [6.07, 6.45) is 0. The number of nitrogens with one attached hydrogen (secondary N) is 3. The summed E-state index contributed by atoms with van der Waals surface area (Å²) in [4.78, 5) is 35.3. The summed E-state index contributed by atoms with van der Waals surface area (Å²) in [5, 5.41) is 7.32. The number of benzene rings is 2. The van der Waals surface area contributed by atoms with Gasteiger partial charge in [-0.1, -0.05) is 30.3 Å². The van der Waals surface area contributed by atoms with E-state index in [1.165, 1.54) is 0 Å². The quantitative estimate of drug-likeness (QED) is 0.750. The number of amides is 4. The van der Waals surface area contributed by atoms with Crippen LogP contribution in [-0.2, 0) is 4.79 Å². The lowest BCUT2D eigenvalue weighted by molar-refractivity contribution is -0.122. The predicted octanol–water partition coefficient (Wildman–Crippen LogP) is 2.16. The van der Waals surface area contributed by atoms with Gasteiger partial charge in [-0.15, -0.1) is 0 Å². The van der Waals surface area contributed by atoms with Gasteiger partial charge in [0, 0.05) is 12.2 Å². The van der Waals surface area contributed by atoms with Gasteiger partial charge in [0.2, 0.25) is 0 Å². The first-order valence-corrected chi connectivity index (χ1v) is 7.76. The second-order valence-electron chi connectivity index (χ2n) is 5.01. The van der Waals surface area contributed by atoms with Gasteiger partial charge in [-0.25, -0.2) is 4.79 Å². The molecule has 7 nitrogen and oxygen atoms in total. The molecule has 0 radical (unpaired) electrons. The zero-order chi connectivity index (χ0) is 18.1. The number of rotatable bonds is 6. The van der Waals surface area contributed by atoms with E-state index in [9.17, 15) is 14.4 Å². The highest BCUT2D eigenvalue weighted by Crippen LogP contribution is 2.19. The molecular weight excluding hydrogens is 322 g/mol. The Hall–Kier alpha value is -3.35. The summed E-state index contributed by atoms with van der Waals surface area (Å²) in [5.74, 6) is -0.711. The number of ether oxygens (including phenoxy) is 1. The first-order chi connectivity index (χ1) is 12.1. The topological polar surface area (TPSA) is 96.5 Å². The van der Waals surface area contributed by atoms with Crippen LogP contribution >= 0.6 is 0 Å². The number of para-hydroxylation sites is 2. The Kier molecular flexibility index (Phi) is 6.53. The third kappa shape index (κ3) is 5.65. The molecule has 7 heteroatoms. The van der Waals surface area contributed by atoms with Gasteiger partial charge in [-0.2, -0.15) is 0 Å². The van der Waals surface area contributed by atoms with Crippen molar-refractivity contribution in [2.24, 2.45) is 0 Å². The Balaban J connectivity index is 1.99. The lowest BCUT2D eigenvalue weighted by Gasteiger charge is -2.11. The van der Waals surface area contributed by atoms with Crippen LogP contribution in [0.4, 0.5) is 10.5 Å². The fraction of sp³-hybridized carbons (Fsp3) is 0.167. The number of hydrogen-bond acceptors (Lipinski definition) is 4. The van der Waals surface area contributed by atoms with Crippen molar-refractivity contribution in [3.05, 3.63) is 60.2 Å². The molecule has 0 fully saturated rings. The van der Waals surface area contributed by atoms with Crippen molar-refractivity contribution in [3.8, 4) is 5.75 Å². The smallest absolute Gasteiger partial charge is 0.321 e. The highest BCUT2D eigenvalue weighted by Gasteiger charge is 2.14. The van der Waals surface area contributed by atoms with Crippen molar-refractivity contribution in [3.63, 3.8) is 0 Å². The van der Waals surface area contributed by atoms with Crippen molar-refractivity contribution >= 4 is 23.5 Å². The predicted molar refractivity (Wildman–Crippen MR) is 93.5 cm³/mol. The van der Waals surface area contributed by atoms with E-state index in [2.05, 4.69) is 16.0 Å². The standard InChI is InChI=1S/C18H19N3O4/c1-2-19-18(24)21-16(22)12-25-15-11-7-6-10-14(15)17(23)20-13-8-4-3-5-9-13/h3-11H,2,12H2,1H3,(H,20,23)(H2,19,21,22,24). The second-order valence-corrected chi connectivity index (χ2v) is 5.01. The Morgan fingerprint density at radius 3 is 2.36 bits per heavy atom. The van der Waals surface area contributed by atoms with E-state index in [0.717, 1.165) is 0 Å². The number of carbonyl (C=O) groups excluding carboxylic acids is 3. The van der Waals surface area contributed by atoms with Gasteiger partial charge in [0.25, 0.3) is 11.8 Å². The first kappa shape index (κ1) is 18.0. The van der Waals surface area contributed by atoms with E-state index < -0.39 is 11.9 Å². The average Bonchev–Trinajstić information content (AvgIpc) is 2.61. The van der Waals surface area contributed by atoms with E-state index in [0.29, 0.717) is 12.2 Å². The van der Waals surface area contributed by atoms with E-state index in [1.54, 1.807) is 43.3 Å². The van der Waals surface area contributed by atoms with Crippen LogP contribution in [0.5, 0.6) is 5.75 Å². The molecule has 130 valence electrons. The van der Waals surface area contributed by atoms with Gasteiger partial charge in [-0.3, -0.25) is 14.9 Å². The average molecular weight is 341 g/mol. The lowest BCUT2D eigenvalue weighted by Crippen LogP contribution is -2.41. The molecule has 25 heavy (non-hydrogen) atoms. The summed E-state index contributed by atoms with van der Waals surface area (Å²) < 4.78 is 5.38. The van der Waals surface area contributed by atoms with Crippen molar-refractivity contribution in [2.75, 3.05) is 18.5 Å². The number of imide groups is 1. The second kappa shape index (κ2) is 9.07. The van der Waals surface area contributed by atoms with Crippen LogP contribution in [0.15, 0.2) is 54.6 Å². The van der Waals surface area contributed by atoms with Gasteiger partial charge in [0.15, 0.2) is 6.61 Å². The highest BCUT2D eigenvalue weighted by molar-refractivity contribution is 6.06. The molecule has 0 heterocycles. The fourth-order valence-corrected chi connectivity index (χ4v) is 2.01. The Bertz CT molecular complexity index is 747. The molecule has 0 aliphatic heterocycles. The summed E-state index contributed by atoms with van der Waals surface area (Å²) in [5.41, 5.74) is 0.938. The minimum atomic E-state index is -0.607. The van der Waals surface area contributed by atoms with E-state index in [1.807, 2.05) is 18.2 Å². The third-order valence-electron chi connectivity index (χ3n) is 3.11. The normalized spacial score (nSPS) is 9.80. The van der Waals surface area contributed by atoms with Gasteiger partial charge in [0.05, 0.1) is 5.56 Å². The lowest BCUT2D eigenvalue weighted by atomic mass is 10.2. The summed E-state index contributed by atoms with van der Waals surface area (Å²) in [7, 11) is 0. The third-order valence-corrected chi connectivity index (χ3v) is 3.11. The van der Waals surface area contributed by atoms with Gasteiger partial charge >= 0.3 is 6.03 Å². The van der Waals surface area contributed by atoms with Gasteiger partial charge in [-0.05, 0) is 31.2 Å². The van der Waals surface area contributed by atoms with Crippen LogP contribution in [0.1, 0.15) is 17.3 Å². The van der Waals surface area contributed by atoms with Crippen molar-refractivity contribution in [1.82, 2.24) is 10.6 Å². The molecule has 0 saturated heterocycles. The molecule has 0 atom stereocenters. The molecule has 0 unspecified atom stereocenters. The monoisotopic (exact) mass is 341 g/mol. The summed E-state index contributed by atoms with van der Waals surface area (Å²) in [6, 6.07) is 15.0. The zero-order valence-corrected chi connectivity index (χ0v) is 13.7. The van der Waals surface area contributed by atoms with E-state index in [-0.39, 0.29) is 23.8 Å². The van der Waals surface area contributed by atoms with Crippen LogP contribution in [-0.4, -0.2) is 31.0 Å². The van der Waals surface area contributed by atoms with Crippen molar-refractivity contribution in [2.45, 2.75) is 6.92 Å². The maximum atomic E-state index is 12.4. The Morgan fingerprint density at radius 2 is 1.64 bits per heavy atom. The minimum absolute atomic E-state index is 0.252. The molecule has 0 aliphatic rings. The Labute approximate surface area is 145 Å². The summed E-state index contributed by atoms with van der Waals surface area (Å²) in [6.45, 7) is 1.76. The molecular formula is C18H19N3O4. The van der Waals surface area contributed by atoms with E-state index >= 15 is 0 Å². The Morgan fingerprint density at radius 1 is 0.960 bits per heavy atom. The molecule has 2 aromatic carbocycles. The first-order valence-electron chi connectivity index (χ1n) is 7.76. The van der Waals surface area contributed by atoms with Crippen molar-refractivity contribution < 1.29 is 19.1 Å². The number of anilines is 1. The molecule has 0 saturated carbocycles. The van der Waals surface area contributed by atoms with Crippen LogP contribution < -0.4 is 20.7 Å². The highest BCUT2D eigenvalue weighted by atomic mass is 16.5. The summed E-state index contributed by atoms with van der Waals surface area (Å²) >= 11 is 0. The minimum Gasteiger partial charge on any atom is -0.483 e. The van der Waals surface area contributed by atoms with Gasteiger partial charge < -0.3 is 15.4 Å². The SMILES string of the molecule is CCNC(=O)NC(=O)COc1ccccc1C(=O)Nc1ccccc1. The van der Waals surface area contributed by atoms with Crippen LogP contribution in [0.2, 0.25) is 0 Å². The molecule has 2 aromatic rings. The molecule has 2 rings (SSSR count). The maximum absolute atomic E-state index is 12.4. The molecule has 0 aliphatic carbocycles. The molecule has 0 spiro atoms. The largest absolute Gasteiger partial charge is 0.483 e.